The molecule has 1 aromatic rings. The molecule has 0 spiro atoms. The Morgan fingerprint density at radius 3 is 3.00 bits per heavy atom. The van der Waals surface area contributed by atoms with E-state index in [1.165, 1.54) is 5.69 Å². The molecule has 0 aliphatic carbocycles. The number of hydrogen-bond acceptors (Lipinski definition) is 2. The number of nitrogens with one attached hydrogen (secondary N) is 1. The van der Waals surface area contributed by atoms with E-state index in [0.29, 0.717) is 12.5 Å². The summed E-state index contributed by atoms with van der Waals surface area (Å²) >= 11 is 0. The van der Waals surface area contributed by atoms with E-state index in [4.69, 9.17) is 0 Å². The maximum Gasteiger partial charge on any atom is 0.222 e. The summed E-state index contributed by atoms with van der Waals surface area (Å²) in [6, 6.07) is 4.39. The summed E-state index contributed by atoms with van der Waals surface area (Å²) < 4.78 is 0. The van der Waals surface area contributed by atoms with Crippen LogP contribution in [0.2, 0.25) is 0 Å². The smallest absolute Gasteiger partial charge is 0.222 e. The molecule has 0 aromatic carbocycles. The van der Waals surface area contributed by atoms with E-state index in [1.807, 2.05) is 24.1 Å². The molecular weight excluding hydrogens is 202 g/mol. The van der Waals surface area contributed by atoms with Crippen molar-refractivity contribution in [3.8, 4) is 0 Å². The standard InChI is InChI=1S/C12H19N3O/c1-3-12(16)15-8-7-14(2)11(9-15)10-5-4-6-13-10/h4-6,11,13H,3,7-9H2,1-2H3. The number of likely N-dealkylation sites (N-methyl/N-ethyl adjacent to an activating group) is 1. The Labute approximate surface area is 96.2 Å². The van der Waals surface area contributed by atoms with Gasteiger partial charge in [0.1, 0.15) is 0 Å². The first-order valence-electron chi connectivity index (χ1n) is 5.83. The van der Waals surface area contributed by atoms with Gasteiger partial charge in [0.2, 0.25) is 5.91 Å². The van der Waals surface area contributed by atoms with E-state index >= 15 is 0 Å². The van der Waals surface area contributed by atoms with Crippen LogP contribution in [0.5, 0.6) is 0 Å². The molecule has 0 radical (unpaired) electrons. The van der Waals surface area contributed by atoms with Gasteiger partial charge in [0.25, 0.3) is 0 Å². The summed E-state index contributed by atoms with van der Waals surface area (Å²) in [6.07, 6.45) is 2.53. The Morgan fingerprint density at radius 2 is 2.38 bits per heavy atom. The highest BCUT2D eigenvalue weighted by molar-refractivity contribution is 5.76. The van der Waals surface area contributed by atoms with E-state index in [2.05, 4.69) is 23.0 Å². The van der Waals surface area contributed by atoms with Gasteiger partial charge in [0, 0.05) is 37.9 Å². The van der Waals surface area contributed by atoms with Gasteiger partial charge in [-0.05, 0) is 19.2 Å². The first kappa shape index (κ1) is 11.2. The third-order valence-electron chi connectivity index (χ3n) is 3.28. The number of rotatable bonds is 2. The summed E-state index contributed by atoms with van der Waals surface area (Å²) in [5, 5.41) is 0. The molecule has 2 heterocycles. The van der Waals surface area contributed by atoms with Crippen molar-refractivity contribution in [2.75, 3.05) is 26.7 Å². The number of aromatic amines is 1. The molecule has 1 aliphatic rings. The van der Waals surface area contributed by atoms with E-state index in [9.17, 15) is 4.79 Å². The quantitative estimate of drug-likeness (QED) is 0.816. The van der Waals surface area contributed by atoms with Gasteiger partial charge >= 0.3 is 0 Å². The van der Waals surface area contributed by atoms with Crippen LogP contribution in [0.25, 0.3) is 0 Å². The summed E-state index contributed by atoms with van der Waals surface area (Å²) in [6.45, 7) is 4.50. The molecule has 88 valence electrons. The lowest BCUT2D eigenvalue weighted by atomic mass is 10.1. The summed E-state index contributed by atoms with van der Waals surface area (Å²) in [5.74, 6) is 0.254. The predicted molar refractivity (Wildman–Crippen MR) is 63.0 cm³/mol. The average Bonchev–Trinajstić information content (AvgIpc) is 2.82. The second kappa shape index (κ2) is 4.70. The molecule has 2 rings (SSSR count). The van der Waals surface area contributed by atoms with E-state index in [0.717, 1.165) is 19.6 Å². The van der Waals surface area contributed by atoms with Crippen LogP contribution in [0.3, 0.4) is 0 Å². The molecule has 1 N–H and O–H groups in total. The minimum Gasteiger partial charge on any atom is -0.364 e. The van der Waals surface area contributed by atoms with Crippen molar-refractivity contribution >= 4 is 5.91 Å². The zero-order valence-electron chi connectivity index (χ0n) is 9.94. The fourth-order valence-electron chi connectivity index (χ4n) is 2.21. The zero-order valence-corrected chi connectivity index (χ0v) is 9.94. The van der Waals surface area contributed by atoms with Crippen molar-refractivity contribution in [3.05, 3.63) is 24.0 Å². The fraction of sp³-hybridized carbons (Fsp3) is 0.583. The van der Waals surface area contributed by atoms with Gasteiger partial charge in [-0.1, -0.05) is 6.92 Å². The van der Waals surface area contributed by atoms with Gasteiger partial charge < -0.3 is 9.88 Å². The number of hydrogen-bond donors (Lipinski definition) is 1. The molecule has 0 bridgehead atoms. The molecular formula is C12H19N3O. The number of aromatic nitrogens is 1. The topological polar surface area (TPSA) is 39.3 Å². The molecule has 1 atom stereocenters. The number of nitrogens with zero attached hydrogens (tertiary/aromatic N) is 2. The first-order valence-corrected chi connectivity index (χ1v) is 5.83. The SMILES string of the molecule is CCC(=O)N1CCN(C)C(c2ccc[nH]2)C1. The van der Waals surface area contributed by atoms with Crippen molar-refractivity contribution in [1.29, 1.82) is 0 Å². The van der Waals surface area contributed by atoms with Gasteiger partial charge in [-0.2, -0.15) is 0 Å². The van der Waals surface area contributed by atoms with E-state index in [1.54, 1.807) is 0 Å². The van der Waals surface area contributed by atoms with Gasteiger partial charge in [-0.3, -0.25) is 9.69 Å². The highest BCUT2D eigenvalue weighted by atomic mass is 16.2. The maximum absolute atomic E-state index is 11.7. The summed E-state index contributed by atoms with van der Waals surface area (Å²) in [5.41, 5.74) is 1.19. The maximum atomic E-state index is 11.7. The molecule has 4 nitrogen and oxygen atoms in total. The molecule has 1 unspecified atom stereocenters. The first-order chi connectivity index (χ1) is 7.72. The third-order valence-corrected chi connectivity index (χ3v) is 3.28. The second-order valence-electron chi connectivity index (χ2n) is 4.32. The normalized spacial score (nSPS) is 22.4. The van der Waals surface area contributed by atoms with Crippen LogP contribution in [0.15, 0.2) is 18.3 Å². The van der Waals surface area contributed by atoms with Gasteiger partial charge in [-0.15, -0.1) is 0 Å². The van der Waals surface area contributed by atoms with Gasteiger partial charge in [0.05, 0.1) is 6.04 Å². The summed E-state index contributed by atoms with van der Waals surface area (Å²) in [4.78, 5) is 19.2. The molecule has 1 aliphatic heterocycles. The third kappa shape index (κ3) is 2.11. The lowest BCUT2D eigenvalue weighted by molar-refractivity contribution is -0.133. The number of piperazine rings is 1. The molecule has 1 saturated heterocycles. The van der Waals surface area contributed by atoms with Crippen molar-refractivity contribution in [2.24, 2.45) is 0 Å². The van der Waals surface area contributed by atoms with Crippen LogP contribution in [-0.2, 0) is 4.79 Å². The molecule has 1 fully saturated rings. The average molecular weight is 221 g/mol. The van der Waals surface area contributed by atoms with Crippen LogP contribution < -0.4 is 0 Å². The fourth-order valence-corrected chi connectivity index (χ4v) is 2.21. The Morgan fingerprint density at radius 1 is 1.56 bits per heavy atom. The van der Waals surface area contributed by atoms with Crippen LogP contribution in [0.1, 0.15) is 25.1 Å². The highest BCUT2D eigenvalue weighted by Gasteiger charge is 2.27. The van der Waals surface area contributed by atoms with Crippen molar-refractivity contribution in [2.45, 2.75) is 19.4 Å². The number of carbonyl (C=O) groups excluding carboxylic acids is 1. The largest absolute Gasteiger partial charge is 0.364 e. The van der Waals surface area contributed by atoms with E-state index in [-0.39, 0.29) is 5.91 Å². The summed E-state index contributed by atoms with van der Waals surface area (Å²) in [7, 11) is 2.11. The van der Waals surface area contributed by atoms with Crippen LogP contribution in [-0.4, -0.2) is 47.4 Å². The molecule has 4 heteroatoms. The van der Waals surface area contributed by atoms with E-state index < -0.39 is 0 Å². The van der Waals surface area contributed by atoms with Crippen molar-refractivity contribution in [3.63, 3.8) is 0 Å². The monoisotopic (exact) mass is 221 g/mol. The number of amides is 1. The Bertz CT molecular complexity index is 347. The number of carbonyl (C=O) groups is 1. The van der Waals surface area contributed by atoms with Crippen molar-refractivity contribution < 1.29 is 4.79 Å². The van der Waals surface area contributed by atoms with Crippen LogP contribution >= 0.6 is 0 Å². The zero-order chi connectivity index (χ0) is 11.5. The highest BCUT2D eigenvalue weighted by Crippen LogP contribution is 2.22. The molecule has 16 heavy (non-hydrogen) atoms. The lowest BCUT2D eigenvalue weighted by Gasteiger charge is -2.39. The van der Waals surface area contributed by atoms with Crippen molar-refractivity contribution in [1.82, 2.24) is 14.8 Å². The second-order valence-corrected chi connectivity index (χ2v) is 4.32. The molecule has 0 saturated carbocycles. The predicted octanol–water partition coefficient (Wildman–Crippen LogP) is 1.24. The molecule has 1 amide bonds. The van der Waals surface area contributed by atoms with Crippen LogP contribution in [0.4, 0.5) is 0 Å². The Balaban J connectivity index is 2.09. The van der Waals surface area contributed by atoms with Gasteiger partial charge in [0.15, 0.2) is 0 Å². The lowest BCUT2D eigenvalue weighted by Crippen LogP contribution is -2.48. The minimum absolute atomic E-state index is 0.254. The van der Waals surface area contributed by atoms with Gasteiger partial charge in [-0.25, -0.2) is 0 Å². The minimum atomic E-state index is 0.254. The molecule has 1 aromatic heterocycles. The Hall–Kier alpha value is -1.29. The Kier molecular flexibility index (Phi) is 3.29. The van der Waals surface area contributed by atoms with Crippen LogP contribution in [0, 0.1) is 0 Å². The number of H-pyrrole nitrogens is 1.